The minimum atomic E-state index is -3.53. The standard InChI is InChI=1S/C24H32N4O3S/c1-17-15-25-28(16-18-6-7-18)23(17)26-24(29)20-10-12-27(13-11-20)32(30,31)22-9-8-19-4-2-3-5-21(19)14-22/h8-9,14-15,18,20H,2-7,10-13,16H2,1H3,(H,26,29). The van der Waals surface area contributed by atoms with Gasteiger partial charge in [0.15, 0.2) is 0 Å². The molecule has 32 heavy (non-hydrogen) atoms. The van der Waals surface area contributed by atoms with Crippen LogP contribution in [-0.2, 0) is 34.2 Å². The van der Waals surface area contributed by atoms with Crippen molar-refractivity contribution in [2.45, 2.75) is 69.7 Å². The lowest BCUT2D eigenvalue weighted by molar-refractivity contribution is -0.121. The smallest absolute Gasteiger partial charge is 0.243 e. The maximum Gasteiger partial charge on any atom is 0.243 e. The number of amides is 1. The number of hydrogen-bond donors (Lipinski definition) is 1. The van der Waals surface area contributed by atoms with Gasteiger partial charge in [-0.3, -0.25) is 4.79 Å². The first-order valence-electron chi connectivity index (χ1n) is 11.9. The fourth-order valence-electron chi connectivity index (χ4n) is 4.92. The molecule has 1 N–H and O–H groups in total. The summed E-state index contributed by atoms with van der Waals surface area (Å²) in [5.41, 5.74) is 3.41. The Morgan fingerprint density at radius 3 is 2.53 bits per heavy atom. The Kier molecular flexibility index (Phi) is 5.84. The summed E-state index contributed by atoms with van der Waals surface area (Å²) in [6.45, 7) is 3.55. The van der Waals surface area contributed by atoms with Crippen LogP contribution in [0.3, 0.4) is 0 Å². The third-order valence-corrected chi connectivity index (χ3v) is 9.07. The van der Waals surface area contributed by atoms with E-state index < -0.39 is 10.0 Å². The van der Waals surface area contributed by atoms with Gasteiger partial charge < -0.3 is 5.32 Å². The number of nitrogens with zero attached hydrogens (tertiary/aromatic N) is 3. The van der Waals surface area contributed by atoms with E-state index in [4.69, 9.17) is 0 Å². The van der Waals surface area contributed by atoms with Crippen LogP contribution in [0.1, 0.15) is 55.2 Å². The van der Waals surface area contributed by atoms with Gasteiger partial charge in [-0.25, -0.2) is 13.1 Å². The molecule has 0 atom stereocenters. The molecule has 0 unspecified atom stereocenters. The summed E-state index contributed by atoms with van der Waals surface area (Å²) in [7, 11) is -3.53. The van der Waals surface area contributed by atoms with Crippen LogP contribution in [0, 0.1) is 18.8 Å². The summed E-state index contributed by atoms with van der Waals surface area (Å²) >= 11 is 0. The number of nitrogens with one attached hydrogen (secondary N) is 1. The van der Waals surface area contributed by atoms with E-state index in [1.807, 2.05) is 23.7 Å². The number of carbonyl (C=O) groups excluding carboxylic acids is 1. The van der Waals surface area contributed by atoms with E-state index in [1.54, 1.807) is 16.6 Å². The SMILES string of the molecule is Cc1cnn(CC2CC2)c1NC(=O)C1CCN(S(=O)(=O)c2ccc3c(c2)CCCC3)CC1. The zero-order chi connectivity index (χ0) is 22.3. The Bertz CT molecular complexity index is 1110. The summed E-state index contributed by atoms with van der Waals surface area (Å²) in [5, 5.41) is 7.49. The number of piperidine rings is 1. The molecule has 0 radical (unpaired) electrons. The summed E-state index contributed by atoms with van der Waals surface area (Å²) in [4.78, 5) is 13.3. The van der Waals surface area contributed by atoms with Crippen molar-refractivity contribution in [1.29, 1.82) is 0 Å². The van der Waals surface area contributed by atoms with Crippen molar-refractivity contribution >= 4 is 21.7 Å². The largest absolute Gasteiger partial charge is 0.310 e. The van der Waals surface area contributed by atoms with Crippen LogP contribution in [0.25, 0.3) is 0 Å². The number of aryl methyl sites for hydroxylation is 3. The molecule has 0 bridgehead atoms. The van der Waals surface area contributed by atoms with Crippen molar-refractivity contribution in [3.05, 3.63) is 41.1 Å². The third-order valence-electron chi connectivity index (χ3n) is 7.17. The molecule has 1 aliphatic heterocycles. The number of carbonyl (C=O) groups is 1. The molecule has 2 aliphatic carbocycles. The Balaban J connectivity index is 1.22. The van der Waals surface area contributed by atoms with E-state index in [0.717, 1.165) is 37.2 Å². The summed E-state index contributed by atoms with van der Waals surface area (Å²) in [6.07, 6.45) is 9.61. The molecule has 5 rings (SSSR count). The van der Waals surface area contributed by atoms with Crippen LogP contribution in [0.5, 0.6) is 0 Å². The zero-order valence-electron chi connectivity index (χ0n) is 18.7. The first kappa shape index (κ1) is 21.6. The maximum atomic E-state index is 13.2. The highest BCUT2D eigenvalue weighted by Crippen LogP contribution is 2.32. The Morgan fingerprint density at radius 1 is 1.09 bits per heavy atom. The van der Waals surface area contributed by atoms with Crippen LogP contribution < -0.4 is 5.32 Å². The van der Waals surface area contributed by atoms with Crippen molar-refractivity contribution in [3.8, 4) is 0 Å². The average molecular weight is 457 g/mol. The van der Waals surface area contributed by atoms with Crippen molar-refractivity contribution in [3.63, 3.8) is 0 Å². The van der Waals surface area contributed by atoms with E-state index in [1.165, 1.54) is 30.4 Å². The van der Waals surface area contributed by atoms with Gasteiger partial charge in [-0.15, -0.1) is 0 Å². The molecule has 3 aliphatic rings. The second kappa shape index (κ2) is 8.63. The number of fused-ring (bicyclic) bond motifs is 1. The predicted octanol–water partition coefficient (Wildman–Crippen LogP) is 3.52. The van der Waals surface area contributed by atoms with Crippen LogP contribution in [0.4, 0.5) is 5.82 Å². The van der Waals surface area contributed by atoms with E-state index in [2.05, 4.69) is 10.4 Å². The van der Waals surface area contributed by atoms with Gasteiger partial charge in [0.05, 0.1) is 11.1 Å². The number of hydrogen-bond acceptors (Lipinski definition) is 4. The molecular weight excluding hydrogens is 424 g/mol. The number of benzene rings is 1. The number of sulfonamides is 1. The fraction of sp³-hybridized carbons (Fsp3) is 0.583. The fourth-order valence-corrected chi connectivity index (χ4v) is 6.44. The molecule has 1 amide bonds. The Hall–Kier alpha value is -2.19. The lowest BCUT2D eigenvalue weighted by Crippen LogP contribution is -2.41. The number of anilines is 1. The van der Waals surface area contributed by atoms with Crippen LogP contribution in [0.15, 0.2) is 29.3 Å². The second-order valence-corrected chi connectivity index (χ2v) is 11.5. The first-order chi connectivity index (χ1) is 15.4. The van der Waals surface area contributed by atoms with E-state index in [9.17, 15) is 13.2 Å². The normalized spacial score (nSPS) is 20.2. The third kappa shape index (κ3) is 4.35. The van der Waals surface area contributed by atoms with E-state index >= 15 is 0 Å². The number of rotatable bonds is 6. The minimum absolute atomic E-state index is 0.0310. The van der Waals surface area contributed by atoms with Crippen molar-refractivity contribution < 1.29 is 13.2 Å². The Morgan fingerprint density at radius 2 is 1.81 bits per heavy atom. The minimum Gasteiger partial charge on any atom is -0.310 e. The summed E-state index contributed by atoms with van der Waals surface area (Å²) in [6, 6.07) is 5.60. The summed E-state index contributed by atoms with van der Waals surface area (Å²) in [5.74, 6) is 1.23. The lowest BCUT2D eigenvalue weighted by Gasteiger charge is -2.31. The molecule has 8 heteroatoms. The van der Waals surface area contributed by atoms with Gasteiger partial charge in [0.1, 0.15) is 5.82 Å². The molecule has 7 nitrogen and oxygen atoms in total. The van der Waals surface area contributed by atoms with Crippen molar-refractivity contribution in [2.75, 3.05) is 18.4 Å². The maximum absolute atomic E-state index is 13.2. The van der Waals surface area contributed by atoms with Crippen molar-refractivity contribution in [2.24, 2.45) is 11.8 Å². The average Bonchev–Trinajstić information content (AvgIpc) is 3.57. The summed E-state index contributed by atoms with van der Waals surface area (Å²) < 4.78 is 29.9. The molecule has 2 fully saturated rings. The molecule has 1 aromatic heterocycles. The van der Waals surface area contributed by atoms with Gasteiger partial charge in [0.25, 0.3) is 0 Å². The quantitative estimate of drug-likeness (QED) is 0.721. The number of aromatic nitrogens is 2. The molecule has 0 spiro atoms. The van der Waals surface area contributed by atoms with Crippen LogP contribution >= 0.6 is 0 Å². The zero-order valence-corrected chi connectivity index (χ0v) is 19.5. The monoisotopic (exact) mass is 456 g/mol. The van der Waals surface area contributed by atoms with Gasteiger partial charge >= 0.3 is 0 Å². The molecular formula is C24H32N4O3S. The van der Waals surface area contributed by atoms with Gasteiger partial charge in [-0.05, 0) is 87.5 Å². The second-order valence-electron chi connectivity index (χ2n) is 9.61. The molecule has 1 saturated carbocycles. The van der Waals surface area contributed by atoms with Crippen molar-refractivity contribution in [1.82, 2.24) is 14.1 Å². The topological polar surface area (TPSA) is 84.3 Å². The Labute approximate surface area is 190 Å². The van der Waals surface area contributed by atoms with E-state index in [0.29, 0.717) is 36.7 Å². The van der Waals surface area contributed by atoms with Gasteiger partial charge in [-0.1, -0.05) is 6.07 Å². The van der Waals surface area contributed by atoms with Gasteiger partial charge in [0, 0.05) is 31.1 Å². The highest BCUT2D eigenvalue weighted by Gasteiger charge is 2.33. The molecule has 172 valence electrons. The molecule has 2 aromatic rings. The van der Waals surface area contributed by atoms with Gasteiger partial charge in [-0.2, -0.15) is 9.40 Å². The molecule has 2 heterocycles. The van der Waals surface area contributed by atoms with E-state index in [-0.39, 0.29) is 11.8 Å². The van der Waals surface area contributed by atoms with Gasteiger partial charge in [0.2, 0.25) is 15.9 Å². The first-order valence-corrected chi connectivity index (χ1v) is 13.3. The molecule has 1 saturated heterocycles. The molecule has 1 aromatic carbocycles. The van der Waals surface area contributed by atoms with Crippen LogP contribution in [-0.4, -0.2) is 41.5 Å². The highest BCUT2D eigenvalue weighted by atomic mass is 32.2. The van der Waals surface area contributed by atoms with Crippen LogP contribution in [0.2, 0.25) is 0 Å². The lowest BCUT2D eigenvalue weighted by atomic mass is 9.92. The predicted molar refractivity (Wildman–Crippen MR) is 123 cm³/mol. The highest BCUT2D eigenvalue weighted by molar-refractivity contribution is 7.89.